The molecule has 5 heteroatoms. The minimum absolute atomic E-state index is 0.234. The Bertz CT molecular complexity index is 618. The fourth-order valence-corrected chi connectivity index (χ4v) is 5.68. The number of ether oxygens (including phenoxy) is 1. The number of carboxylic acid groups (broad SMARTS) is 1. The summed E-state index contributed by atoms with van der Waals surface area (Å²) in [6.07, 6.45) is 11.0. The third-order valence-electron chi connectivity index (χ3n) is 5.78. The lowest BCUT2D eigenvalue weighted by atomic mass is 9.76. The molecule has 1 aromatic rings. The predicted molar refractivity (Wildman–Crippen MR) is 108 cm³/mol. The SMILES string of the molecule is O=C(O)CCC/C=C\C[C@@H]1[C@@H](CC[S+]([O-])Cc2ccccc2)[C@@H]2CC[C@H]1O2. The summed E-state index contributed by atoms with van der Waals surface area (Å²) in [6, 6.07) is 10.1. The number of carbonyl (C=O) groups is 1. The van der Waals surface area contributed by atoms with E-state index in [2.05, 4.69) is 12.2 Å². The Morgan fingerprint density at radius 3 is 2.67 bits per heavy atom. The first-order chi connectivity index (χ1) is 13.1. The van der Waals surface area contributed by atoms with E-state index in [-0.39, 0.29) is 6.42 Å². The smallest absolute Gasteiger partial charge is 0.303 e. The van der Waals surface area contributed by atoms with Crippen LogP contribution in [0.2, 0.25) is 0 Å². The van der Waals surface area contributed by atoms with E-state index < -0.39 is 17.1 Å². The first-order valence-electron chi connectivity index (χ1n) is 10.0. The summed E-state index contributed by atoms with van der Waals surface area (Å²) in [4.78, 5) is 10.5. The summed E-state index contributed by atoms with van der Waals surface area (Å²) >= 11 is -0.828. The summed E-state index contributed by atoms with van der Waals surface area (Å²) in [5.74, 6) is 1.68. The van der Waals surface area contributed by atoms with E-state index in [0.717, 1.165) is 43.4 Å². The van der Waals surface area contributed by atoms with Crippen molar-refractivity contribution in [3.8, 4) is 0 Å². The van der Waals surface area contributed by atoms with Gasteiger partial charge in [0.2, 0.25) is 0 Å². The van der Waals surface area contributed by atoms with E-state index in [1.54, 1.807) is 0 Å². The average Bonchev–Trinajstić information content (AvgIpc) is 3.25. The van der Waals surface area contributed by atoms with Crippen LogP contribution in [0.25, 0.3) is 0 Å². The number of hydrogen-bond acceptors (Lipinski definition) is 3. The van der Waals surface area contributed by atoms with Gasteiger partial charge in [-0.3, -0.25) is 4.79 Å². The number of carboxylic acids is 1. The number of benzene rings is 1. The third kappa shape index (κ3) is 6.09. The van der Waals surface area contributed by atoms with Gasteiger partial charge in [-0.2, -0.15) is 0 Å². The van der Waals surface area contributed by atoms with E-state index in [0.29, 0.717) is 36.2 Å². The zero-order valence-electron chi connectivity index (χ0n) is 15.8. The maximum Gasteiger partial charge on any atom is 0.303 e. The Morgan fingerprint density at radius 1 is 1.19 bits per heavy atom. The van der Waals surface area contributed by atoms with Crippen LogP contribution in [0.1, 0.15) is 50.5 Å². The molecule has 0 amide bonds. The van der Waals surface area contributed by atoms with Crippen LogP contribution >= 0.6 is 0 Å². The molecule has 1 unspecified atom stereocenters. The highest BCUT2D eigenvalue weighted by atomic mass is 32.2. The van der Waals surface area contributed by atoms with Crippen LogP contribution in [0.3, 0.4) is 0 Å². The number of rotatable bonds is 11. The largest absolute Gasteiger partial charge is 0.616 e. The summed E-state index contributed by atoms with van der Waals surface area (Å²) in [5, 5.41) is 8.68. The summed E-state index contributed by atoms with van der Waals surface area (Å²) < 4.78 is 18.6. The first-order valence-corrected chi connectivity index (χ1v) is 11.5. The zero-order valence-corrected chi connectivity index (χ0v) is 16.6. The van der Waals surface area contributed by atoms with Crippen molar-refractivity contribution in [2.24, 2.45) is 11.8 Å². The van der Waals surface area contributed by atoms with Crippen molar-refractivity contribution in [1.29, 1.82) is 0 Å². The van der Waals surface area contributed by atoms with E-state index in [4.69, 9.17) is 9.84 Å². The van der Waals surface area contributed by atoms with Crippen molar-refractivity contribution in [1.82, 2.24) is 0 Å². The molecule has 148 valence electrons. The van der Waals surface area contributed by atoms with Crippen LogP contribution in [0.15, 0.2) is 42.5 Å². The van der Waals surface area contributed by atoms with Gasteiger partial charge in [0.1, 0.15) is 11.5 Å². The molecular formula is C22H30O4S. The Hall–Kier alpha value is -1.30. The third-order valence-corrected chi connectivity index (χ3v) is 7.12. The lowest BCUT2D eigenvalue weighted by Crippen LogP contribution is -2.29. The fourth-order valence-electron chi connectivity index (χ4n) is 4.44. The predicted octanol–water partition coefficient (Wildman–Crippen LogP) is 4.32. The molecule has 2 aliphatic rings. The molecular weight excluding hydrogens is 360 g/mol. The highest BCUT2D eigenvalue weighted by molar-refractivity contribution is 7.90. The van der Waals surface area contributed by atoms with Crippen LogP contribution in [0.4, 0.5) is 0 Å². The topological polar surface area (TPSA) is 69.6 Å². The van der Waals surface area contributed by atoms with Gasteiger partial charge < -0.3 is 14.4 Å². The van der Waals surface area contributed by atoms with Crippen LogP contribution in [0.5, 0.6) is 0 Å². The fraction of sp³-hybridized carbons (Fsp3) is 0.591. The molecule has 2 aliphatic heterocycles. The highest BCUT2D eigenvalue weighted by Crippen LogP contribution is 2.46. The molecule has 5 atom stereocenters. The number of unbranched alkanes of at least 4 members (excludes halogenated alkanes) is 1. The maximum absolute atomic E-state index is 12.5. The second kappa shape index (κ2) is 10.3. The molecule has 0 radical (unpaired) electrons. The van der Waals surface area contributed by atoms with Crippen LogP contribution in [0, 0.1) is 11.8 Å². The molecule has 0 aromatic heterocycles. The molecule has 0 spiro atoms. The van der Waals surface area contributed by atoms with E-state index in [1.165, 1.54) is 0 Å². The summed E-state index contributed by atoms with van der Waals surface area (Å²) in [5.41, 5.74) is 1.14. The zero-order chi connectivity index (χ0) is 19.1. The molecule has 2 bridgehead atoms. The molecule has 4 nitrogen and oxygen atoms in total. The molecule has 27 heavy (non-hydrogen) atoms. The highest BCUT2D eigenvalue weighted by Gasteiger charge is 2.48. The molecule has 1 N–H and O–H groups in total. The van der Waals surface area contributed by atoms with Crippen molar-refractivity contribution in [3.05, 3.63) is 48.0 Å². The summed E-state index contributed by atoms with van der Waals surface area (Å²) in [6.45, 7) is 0. The van der Waals surface area contributed by atoms with Crippen molar-refractivity contribution in [2.75, 3.05) is 5.75 Å². The number of aliphatic carboxylic acids is 1. The van der Waals surface area contributed by atoms with Gasteiger partial charge in [-0.25, -0.2) is 0 Å². The van der Waals surface area contributed by atoms with Crippen molar-refractivity contribution < 1.29 is 19.2 Å². The van der Waals surface area contributed by atoms with E-state index >= 15 is 0 Å². The Kier molecular flexibility index (Phi) is 7.80. The second-order valence-electron chi connectivity index (χ2n) is 7.67. The normalized spacial score (nSPS) is 28.0. The van der Waals surface area contributed by atoms with Crippen molar-refractivity contribution in [2.45, 2.75) is 62.9 Å². The summed E-state index contributed by atoms with van der Waals surface area (Å²) in [7, 11) is 0. The number of hydrogen-bond donors (Lipinski definition) is 1. The van der Waals surface area contributed by atoms with Gasteiger partial charge in [0, 0.05) is 12.0 Å². The lowest BCUT2D eigenvalue weighted by molar-refractivity contribution is -0.137. The van der Waals surface area contributed by atoms with Crippen molar-refractivity contribution >= 4 is 17.1 Å². The minimum atomic E-state index is -0.828. The lowest BCUT2D eigenvalue weighted by Gasteiger charge is -2.27. The Labute approximate surface area is 165 Å². The van der Waals surface area contributed by atoms with Gasteiger partial charge in [-0.05, 0) is 61.5 Å². The average molecular weight is 391 g/mol. The van der Waals surface area contributed by atoms with Crippen LogP contribution < -0.4 is 0 Å². The minimum Gasteiger partial charge on any atom is -0.616 e. The number of allylic oxidation sites excluding steroid dienone is 2. The molecule has 2 fully saturated rings. The Balaban J connectivity index is 1.43. The van der Waals surface area contributed by atoms with Gasteiger partial charge >= 0.3 is 5.97 Å². The van der Waals surface area contributed by atoms with Gasteiger partial charge in [0.25, 0.3) is 0 Å². The van der Waals surface area contributed by atoms with Gasteiger partial charge in [0.15, 0.2) is 0 Å². The Morgan fingerprint density at radius 2 is 1.93 bits per heavy atom. The standard InChI is InChI=1S/C22H30O4S/c23-22(24)11-7-2-1-6-10-18-19(21-13-12-20(18)26-21)14-15-27(25)16-17-8-4-3-5-9-17/h1,3-6,8-9,18-21H,2,7,10-16H2,(H,23,24)/b6-1-/t18-,19-,20-,21+,27?/m1/s1. The molecule has 0 saturated carbocycles. The quantitative estimate of drug-likeness (QED) is 0.347. The van der Waals surface area contributed by atoms with E-state index in [9.17, 15) is 9.35 Å². The van der Waals surface area contributed by atoms with Gasteiger partial charge in [-0.15, -0.1) is 0 Å². The molecule has 3 rings (SSSR count). The first kappa shape index (κ1) is 20.4. The molecule has 1 aromatic carbocycles. The second-order valence-corrected chi connectivity index (χ2v) is 9.25. The van der Waals surface area contributed by atoms with Gasteiger partial charge in [0.05, 0.1) is 12.2 Å². The maximum atomic E-state index is 12.5. The van der Waals surface area contributed by atoms with Gasteiger partial charge in [-0.1, -0.05) is 42.5 Å². The van der Waals surface area contributed by atoms with E-state index in [1.807, 2.05) is 30.3 Å². The molecule has 2 saturated heterocycles. The van der Waals surface area contributed by atoms with Crippen molar-refractivity contribution in [3.63, 3.8) is 0 Å². The number of fused-ring (bicyclic) bond motifs is 2. The monoisotopic (exact) mass is 390 g/mol. The van der Waals surface area contributed by atoms with Crippen LogP contribution in [-0.2, 0) is 26.5 Å². The molecule has 0 aliphatic carbocycles. The van der Waals surface area contributed by atoms with Crippen LogP contribution in [-0.4, -0.2) is 33.6 Å². The molecule has 2 heterocycles.